The number of hydrogen-bond acceptors (Lipinski definition) is 2. The van der Waals surface area contributed by atoms with Gasteiger partial charge in [-0.25, -0.2) is 0 Å². The Morgan fingerprint density at radius 1 is 1.19 bits per heavy atom. The zero-order valence-electron chi connectivity index (χ0n) is 13.7. The van der Waals surface area contributed by atoms with Gasteiger partial charge in [0.05, 0.1) is 0 Å². The summed E-state index contributed by atoms with van der Waals surface area (Å²) in [5, 5.41) is 3.51. The van der Waals surface area contributed by atoms with Gasteiger partial charge in [-0.3, -0.25) is 0 Å². The lowest BCUT2D eigenvalue weighted by Crippen LogP contribution is -2.42. The first-order chi connectivity index (χ1) is 10.3. The first kappa shape index (κ1) is 14.9. The Kier molecular flexibility index (Phi) is 4.84. The van der Waals surface area contributed by atoms with Crippen LogP contribution in [0.2, 0.25) is 0 Å². The summed E-state index contributed by atoms with van der Waals surface area (Å²) in [6.45, 7) is 7.86. The molecular formula is C19H30N2. The van der Waals surface area contributed by atoms with E-state index in [0.29, 0.717) is 0 Å². The number of fused-ring (bicyclic) bond motifs is 1. The van der Waals surface area contributed by atoms with Crippen LogP contribution >= 0.6 is 0 Å². The molecule has 3 rings (SSSR count). The molecule has 1 aromatic rings. The summed E-state index contributed by atoms with van der Waals surface area (Å²) >= 11 is 0. The maximum absolute atomic E-state index is 3.51. The van der Waals surface area contributed by atoms with Crippen molar-refractivity contribution in [2.24, 2.45) is 5.92 Å². The molecule has 1 heterocycles. The lowest BCUT2D eigenvalue weighted by molar-refractivity contribution is 0.362. The van der Waals surface area contributed by atoms with Crippen LogP contribution < -0.4 is 10.2 Å². The molecule has 2 heteroatoms. The first-order valence-electron chi connectivity index (χ1n) is 8.86. The molecule has 2 atom stereocenters. The van der Waals surface area contributed by atoms with Crippen molar-refractivity contribution in [3.05, 3.63) is 29.3 Å². The summed E-state index contributed by atoms with van der Waals surface area (Å²) in [7, 11) is 0. The Morgan fingerprint density at radius 3 is 2.86 bits per heavy atom. The van der Waals surface area contributed by atoms with Crippen LogP contribution in [0.4, 0.5) is 5.69 Å². The van der Waals surface area contributed by atoms with Crippen LogP contribution in [0, 0.1) is 12.8 Å². The van der Waals surface area contributed by atoms with Crippen molar-refractivity contribution in [2.45, 2.75) is 65.0 Å². The highest BCUT2D eigenvalue weighted by Gasteiger charge is 2.34. The summed E-state index contributed by atoms with van der Waals surface area (Å²) < 4.78 is 0. The third-order valence-electron chi connectivity index (χ3n) is 5.39. The molecule has 1 N–H and O–H groups in total. The van der Waals surface area contributed by atoms with Gasteiger partial charge >= 0.3 is 0 Å². The van der Waals surface area contributed by atoms with E-state index < -0.39 is 0 Å². The largest absolute Gasteiger partial charge is 0.368 e. The zero-order valence-corrected chi connectivity index (χ0v) is 13.7. The van der Waals surface area contributed by atoms with E-state index >= 15 is 0 Å². The van der Waals surface area contributed by atoms with Gasteiger partial charge in [-0.05, 0) is 74.8 Å². The highest BCUT2D eigenvalue weighted by molar-refractivity contribution is 5.52. The molecule has 1 saturated carbocycles. The minimum absolute atomic E-state index is 0.821. The van der Waals surface area contributed by atoms with Gasteiger partial charge in [-0.15, -0.1) is 0 Å². The molecular weight excluding hydrogens is 256 g/mol. The van der Waals surface area contributed by atoms with E-state index in [1.54, 1.807) is 0 Å². The van der Waals surface area contributed by atoms with Gasteiger partial charge in [0.2, 0.25) is 0 Å². The van der Waals surface area contributed by atoms with Gasteiger partial charge in [0.15, 0.2) is 0 Å². The molecule has 1 saturated heterocycles. The van der Waals surface area contributed by atoms with Gasteiger partial charge < -0.3 is 10.2 Å². The van der Waals surface area contributed by atoms with Crippen molar-refractivity contribution in [3.63, 3.8) is 0 Å². The standard InChI is InChI=1S/C19H30N2/c1-3-11-20-14-17-9-10-18(13-15(17)2)21-12-5-7-16-6-4-8-19(16)21/h9-10,13,16,19-20H,3-8,11-12,14H2,1-2H3. The van der Waals surface area contributed by atoms with Crippen molar-refractivity contribution in [1.82, 2.24) is 5.32 Å². The molecule has 1 aliphatic carbocycles. The zero-order chi connectivity index (χ0) is 14.7. The molecule has 0 radical (unpaired) electrons. The molecule has 0 bridgehead atoms. The summed E-state index contributed by atoms with van der Waals surface area (Å²) in [4.78, 5) is 2.71. The number of aryl methyl sites for hydroxylation is 1. The monoisotopic (exact) mass is 286 g/mol. The van der Waals surface area contributed by atoms with Gasteiger partial charge in [0, 0.05) is 24.8 Å². The lowest BCUT2D eigenvalue weighted by atomic mass is 9.91. The summed E-state index contributed by atoms with van der Waals surface area (Å²) in [5.74, 6) is 0.963. The molecule has 2 aliphatic rings. The average Bonchev–Trinajstić information content (AvgIpc) is 2.97. The van der Waals surface area contributed by atoms with Crippen molar-refractivity contribution < 1.29 is 0 Å². The van der Waals surface area contributed by atoms with E-state index in [1.807, 2.05) is 0 Å². The lowest BCUT2D eigenvalue weighted by Gasteiger charge is -2.39. The molecule has 0 amide bonds. The third-order valence-corrected chi connectivity index (χ3v) is 5.39. The average molecular weight is 286 g/mol. The predicted octanol–water partition coefficient (Wildman–Crippen LogP) is 4.26. The fourth-order valence-corrected chi connectivity index (χ4v) is 4.23. The smallest absolute Gasteiger partial charge is 0.0371 e. The van der Waals surface area contributed by atoms with E-state index in [0.717, 1.165) is 25.0 Å². The molecule has 2 nitrogen and oxygen atoms in total. The van der Waals surface area contributed by atoms with Crippen LogP contribution in [-0.4, -0.2) is 19.1 Å². The van der Waals surface area contributed by atoms with Gasteiger partial charge in [0.1, 0.15) is 0 Å². The van der Waals surface area contributed by atoms with E-state index in [2.05, 4.69) is 42.3 Å². The van der Waals surface area contributed by atoms with Crippen LogP contribution in [0.3, 0.4) is 0 Å². The SMILES string of the molecule is CCCNCc1ccc(N2CCCC3CCCC32)cc1C. The number of rotatable bonds is 5. The van der Waals surface area contributed by atoms with Crippen LogP contribution in [0.5, 0.6) is 0 Å². The van der Waals surface area contributed by atoms with E-state index in [9.17, 15) is 0 Å². The minimum atomic E-state index is 0.821. The third kappa shape index (κ3) is 3.26. The van der Waals surface area contributed by atoms with Gasteiger partial charge in [-0.1, -0.05) is 19.4 Å². The summed E-state index contributed by atoms with van der Waals surface area (Å²) in [6.07, 6.45) is 8.33. The van der Waals surface area contributed by atoms with Crippen LogP contribution in [0.1, 0.15) is 56.6 Å². The minimum Gasteiger partial charge on any atom is -0.368 e. The fourth-order valence-electron chi connectivity index (χ4n) is 4.23. The summed E-state index contributed by atoms with van der Waals surface area (Å²) in [6, 6.07) is 7.94. The second-order valence-corrected chi connectivity index (χ2v) is 6.88. The topological polar surface area (TPSA) is 15.3 Å². The number of nitrogens with zero attached hydrogens (tertiary/aromatic N) is 1. The molecule has 116 valence electrons. The Balaban J connectivity index is 1.72. The normalized spacial score (nSPS) is 25.1. The number of benzene rings is 1. The van der Waals surface area contributed by atoms with Crippen molar-refractivity contribution in [1.29, 1.82) is 0 Å². The second-order valence-electron chi connectivity index (χ2n) is 6.88. The maximum atomic E-state index is 3.51. The van der Waals surface area contributed by atoms with Crippen molar-refractivity contribution >= 4 is 5.69 Å². The van der Waals surface area contributed by atoms with Crippen molar-refractivity contribution in [2.75, 3.05) is 18.0 Å². The quantitative estimate of drug-likeness (QED) is 0.813. The number of nitrogens with one attached hydrogen (secondary N) is 1. The fraction of sp³-hybridized carbons (Fsp3) is 0.684. The Labute approximate surface area is 129 Å². The first-order valence-corrected chi connectivity index (χ1v) is 8.86. The van der Waals surface area contributed by atoms with Gasteiger partial charge in [-0.2, -0.15) is 0 Å². The number of anilines is 1. The predicted molar refractivity (Wildman–Crippen MR) is 90.9 cm³/mol. The molecule has 0 spiro atoms. The molecule has 1 aliphatic heterocycles. The summed E-state index contributed by atoms with van der Waals surface area (Å²) in [5.41, 5.74) is 4.35. The van der Waals surface area contributed by atoms with E-state index in [1.165, 1.54) is 61.9 Å². The second kappa shape index (κ2) is 6.83. The number of hydrogen-bond donors (Lipinski definition) is 1. The molecule has 0 aromatic heterocycles. The Morgan fingerprint density at radius 2 is 2.05 bits per heavy atom. The highest BCUT2D eigenvalue weighted by Crippen LogP contribution is 2.39. The Bertz CT molecular complexity index is 469. The van der Waals surface area contributed by atoms with E-state index in [4.69, 9.17) is 0 Å². The number of piperidine rings is 1. The highest BCUT2D eigenvalue weighted by atomic mass is 15.2. The van der Waals surface area contributed by atoms with E-state index in [-0.39, 0.29) is 0 Å². The Hall–Kier alpha value is -1.02. The molecule has 2 fully saturated rings. The molecule has 21 heavy (non-hydrogen) atoms. The van der Waals surface area contributed by atoms with Crippen LogP contribution in [-0.2, 0) is 6.54 Å². The maximum Gasteiger partial charge on any atom is 0.0371 e. The molecule has 1 aromatic carbocycles. The van der Waals surface area contributed by atoms with Gasteiger partial charge in [0.25, 0.3) is 0 Å². The molecule has 2 unspecified atom stereocenters. The van der Waals surface area contributed by atoms with Crippen LogP contribution in [0.25, 0.3) is 0 Å². The van der Waals surface area contributed by atoms with Crippen LogP contribution in [0.15, 0.2) is 18.2 Å². The van der Waals surface area contributed by atoms with Crippen molar-refractivity contribution in [3.8, 4) is 0 Å².